The molecular weight excluding hydrogens is 252 g/mol. The van der Waals surface area contributed by atoms with Crippen molar-refractivity contribution in [3.05, 3.63) is 30.1 Å². The average Bonchev–Trinajstić information content (AvgIpc) is 2.56. The molecule has 2 aliphatic rings. The Bertz CT molecular complexity index is 458. The van der Waals surface area contributed by atoms with Crippen LogP contribution in [0.3, 0.4) is 0 Å². The highest BCUT2D eigenvalue weighted by molar-refractivity contribution is 5.84. The molecule has 0 atom stereocenters. The molecule has 108 valence electrons. The van der Waals surface area contributed by atoms with E-state index in [1.165, 1.54) is 5.69 Å². The van der Waals surface area contributed by atoms with E-state index in [-0.39, 0.29) is 5.54 Å². The third-order valence-corrected chi connectivity index (χ3v) is 4.66. The highest BCUT2D eigenvalue weighted by atomic mass is 16.4. The first kappa shape index (κ1) is 13.5. The van der Waals surface area contributed by atoms with E-state index in [9.17, 15) is 0 Å². The molecule has 1 saturated carbocycles. The lowest BCUT2D eigenvalue weighted by atomic mass is 9.76. The van der Waals surface area contributed by atoms with Crippen LogP contribution in [0.4, 0.5) is 0 Å². The predicted molar refractivity (Wildman–Crippen MR) is 78.0 cm³/mol. The van der Waals surface area contributed by atoms with E-state index in [0.29, 0.717) is 0 Å². The van der Waals surface area contributed by atoms with E-state index in [1.54, 1.807) is 0 Å². The molecule has 20 heavy (non-hydrogen) atoms. The van der Waals surface area contributed by atoms with Crippen LogP contribution in [0.25, 0.3) is 0 Å². The molecule has 5 heteroatoms. The van der Waals surface area contributed by atoms with E-state index < -0.39 is 0 Å². The first-order chi connectivity index (χ1) is 9.85. The molecule has 1 aliphatic heterocycles. The van der Waals surface area contributed by atoms with Gasteiger partial charge in [-0.25, -0.2) is 0 Å². The minimum atomic E-state index is 0.0115. The lowest BCUT2D eigenvalue weighted by molar-refractivity contribution is 0.0475. The summed E-state index contributed by atoms with van der Waals surface area (Å²) in [6.07, 6.45) is 5.58. The number of piperazine rings is 1. The van der Waals surface area contributed by atoms with Crippen LogP contribution in [0.2, 0.25) is 0 Å². The molecule has 0 spiro atoms. The van der Waals surface area contributed by atoms with Crippen LogP contribution in [-0.4, -0.2) is 47.0 Å². The summed E-state index contributed by atoms with van der Waals surface area (Å²) >= 11 is 0. The number of oxime groups is 1. The number of hydrogen-bond donors (Lipinski definition) is 2. The minimum Gasteiger partial charge on any atom is -0.411 e. The number of hydrogen-bond acceptors (Lipinski definition) is 5. The van der Waals surface area contributed by atoms with Crippen molar-refractivity contribution in [1.29, 1.82) is 0 Å². The third-order valence-electron chi connectivity index (χ3n) is 4.66. The van der Waals surface area contributed by atoms with Crippen molar-refractivity contribution < 1.29 is 5.21 Å². The van der Waals surface area contributed by atoms with E-state index in [1.807, 2.05) is 12.3 Å². The van der Waals surface area contributed by atoms with Gasteiger partial charge in [-0.1, -0.05) is 11.2 Å². The maximum absolute atomic E-state index is 8.99. The second-order valence-electron chi connectivity index (χ2n) is 5.65. The van der Waals surface area contributed by atoms with E-state index in [2.05, 4.69) is 32.5 Å². The van der Waals surface area contributed by atoms with Gasteiger partial charge < -0.3 is 10.5 Å². The Labute approximate surface area is 119 Å². The summed E-state index contributed by atoms with van der Waals surface area (Å²) in [6, 6.07) is 6.18. The van der Waals surface area contributed by atoms with Crippen LogP contribution in [0, 0.1) is 0 Å². The summed E-state index contributed by atoms with van der Waals surface area (Å²) in [5.41, 5.74) is 2.10. The largest absolute Gasteiger partial charge is 0.411 e. The standard InChI is InChI=1S/C15H22N4O/c20-18-13-4-6-15(7-5-13,14-3-1-2-8-17-14)19-11-9-16-10-12-19/h1-3,8,16,20H,4-7,9-12H2. The minimum absolute atomic E-state index is 0.0115. The quantitative estimate of drug-likeness (QED) is 0.635. The number of rotatable bonds is 2. The van der Waals surface area contributed by atoms with Crippen molar-refractivity contribution in [2.24, 2.45) is 5.16 Å². The number of aromatic nitrogens is 1. The highest BCUT2D eigenvalue weighted by Gasteiger charge is 2.42. The molecule has 0 bridgehead atoms. The van der Waals surface area contributed by atoms with Crippen LogP contribution in [-0.2, 0) is 5.54 Å². The van der Waals surface area contributed by atoms with Crippen molar-refractivity contribution in [2.75, 3.05) is 26.2 Å². The lowest BCUT2D eigenvalue weighted by Gasteiger charge is -2.47. The van der Waals surface area contributed by atoms with Crippen LogP contribution in [0.15, 0.2) is 29.6 Å². The summed E-state index contributed by atoms with van der Waals surface area (Å²) in [5.74, 6) is 0. The maximum atomic E-state index is 8.99. The monoisotopic (exact) mass is 274 g/mol. The zero-order chi connectivity index (χ0) is 13.8. The average molecular weight is 274 g/mol. The molecule has 1 aliphatic carbocycles. The Morgan fingerprint density at radius 1 is 1.20 bits per heavy atom. The summed E-state index contributed by atoms with van der Waals surface area (Å²) in [6.45, 7) is 4.19. The molecule has 2 heterocycles. The van der Waals surface area contributed by atoms with Crippen molar-refractivity contribution in [3.8, 4) is 0 Å². The zero-order valence-corrected chi connectivity index (χ0v) is 11.8. The molecule has 1 aromatic heterocycles. The van der Waals surface area contributed by atoms with Gasteiger partial charge in [0.1, 0.15) is 0 Å². The highest BCUT2D eigenvalue weighted by Crippen LogP contribution is 2.40. The van der Waals surface area contributed by atoms with Gasteiger partial charge in [-0.2, -0.15) is 0 Å². The van der Waals surface area contributed by atoms with E-state index in [4.69, 9.17) is 5.21 Å². The topological polar surface area (TPSA) is 60.8 Å². The normalized spacial score (nSPS) is 28.3. The molecule has 1 saturated heterocycles. The SMILES string of the molecule is ON=C1CCC(c2ccccn2)(N2CCNCC2)CC1. The van der Waals surface area contributed by atoms with Crippen molar-refractivity contribution in [3.63, 3.8) is 0 Å². The molecule has 2 fully saturated rings. The second kappa shape index (κ2) is 5.89. The fourth-order valence-electron chi connectivity index (χ4n) is 3.52. The molecule has 2 N–H and O–H groups in total. The fraction of sp³-hybridized carbons (Fsp3) is 0.600. The lowest BCUT2D eigenvalue weighted by Crippen LogP contribution is -2.56. The first-order valence-electron chi connectivity index (χ1n) is 7.42. The molecule has 1 aromatic rings. The van der Waals surface area contributed by atoms with Gasteiger partial charge in [0.25, 0.3) is 0 Å². The van der Waals surface area contributed by atoms with Gasteiger partial charge >= 0.3 is 0 Å². The van der Waals surface area contributed by atoms with Crippen molar-refractivity contribution in [2.45, 2.75) is 31.2 Å². The van der Waals surface area contributed by atoms with Crippen molar-refractivity contribution >= 4 is 5.71 Å². The Morgan fingerprint density at radius 2 is 1.95 bits per heavy atom. The molecule has 0 aromatic carbocycles. The van der Waals surface area contributed by atoms with Gasteiger partial charge in [0.05, 0.1) is 16.9 Å². The Morgan fingerprint density at radius 3 is 2.55 bits per heavy atom. The summed E-state index contributed by atoms with van der Waals surface area (Å²) in [4.78, 5) is 7.21. The molecule has 3 rings (SSSR count). The van der Waals surface area contributed by atoms with Gasteiger partial charge in [0.2, 0.25) is 0 Å². The number of nitrogens with one attached hydrogen (secondary N) is 1. The van der Waals surface area contributed by atoms with Gasteiger partial charge in [0.15, 0.2) is 0 Å². The van der Waals surface area contributed by atoms with Crippen LogP contribution in [0.5, 0.6) is 0 Å². The van der Waals surface area contributed by atoms with Gasteiger partial charge in [-0.15, -0.1) is 0 Å². The van der Waals surface area contributed by atoms with Gasteiger partial charge in [-0.3, -0.25) is 9.88 Å². The van der Waals surface area contributed by atoms with E-state index >= 15 is 0 Å². The van der Waals surface area contributed by atoms with Crippen LogP contribution in [0.1, 0.15) is 31.4 Å². The Hall–Kier alpha value is -1.46. The third kappa shape index (κ3) is 2.43. The zero-order valence-electron chi connectivity index (χ0n) is 11.8. The van der Waals surface area contributed by atoms with Gasteiger partial charge in [-0.05, 0) is 37.8 Å². The maximum Gasteiger partial charge on any atom is 0.0641 e. The molecular formula is C15H22N4O. The Kier molecular flexibility index (Phi) is 3.98. The summed E-state index contributed by atoms with van der Waals surface area (Å²) < 4.78 is 0. The first-order valence-corrected chi connectivity index (χ1v) is 7.42. The van der Waals surface area contributed by atoms with Crippen LogP contribution < -0.4 is 5.32 Å². The molecule has 5 nitrogen and oxygen atoms in total. The van der Waals surface area contributed by atoms with Crippen LogP contribution >= 0.6 is 0 Å². The fourth-order valence-corrected chi connectivity index (χ4v) is 3.52. The number of nitrogens with zero attached hydrogens (tertiary/aromatic N) is 3. The molecule has 0 unspecified atom stereocenters. The predicted octanol–water partition coefficient (Wildman–Crippen LogP) is 1.59. The second-order valence-corrected chi connectivity index (χ2v) is 5.65. The number of pyridine rings is 1. The summed E-state index contributed by atoms with van der Waals surface area (Å²) in [7, 11) is 0. The summed E-state index contributed by atoms with van der Waals surface area (Å²) in [5, 5.41) is 15.8. The molecule has 0 radical (unpaired) electrons. The molecule has 0 amide bonds. The van der Waals surface area contributed by atoms with Crippen molar-refractivity contribution in [1.82, 2.24) is 15.2 Å². The Balaban J connectivity index is 1.91. The van der Waals surface area contributed by atoms with E-state index in [0.717, 1.165) is 57.6 Å². The van der Waals surface area contributed by atoms with Gasteiger partial charge in [0, 0.05) is 32.4 Å². The smallest absolute Gasteiger partial charge is 0.0641 e.